The van der Waals surface area contributed by atoms with Gasteiger partial charge in [-0.25, -0.2) is 0 Å². The molecule has 128 valence electrons. The number of amides is 1. The lowest BCUT2D eigenvalue weighted by molar-refractivity contribution is -0.384. The Balaban J connectivity index is 2.45. The Hall–Kier alpha value is -3.55. The van der Waals surface area contributed by atoms with E-state index in [9.17, 15) is 20.0 Å². The van der Waals surface area contributed by atoms with Crippen LogP contribution in [0.1, 0.15) is 19.4 Å². The zero-order valence-corrected chi connectivity index (χ0v) is 13.6. The monoisotopic (exact) mass is 340 g/mol. The van der Waals surface area contributed by atoms with E-state index in [4.69, 9.17) is 0 Å². The van der Waals surface area contributed by atoms with Gasteiger partial charge in [0.05, 0.1) is 10.6 Å². The van der Waals surface area contributed by atoms with Gasteiger partial charge in [-0.3, -0.25) is 14.9 Å². The second-order valence-corrected chi connectivity index (χ2v) is 5.06. The van der Waals surface area contributed by atoms with Crippen molar-refractivity contribution in [1.29, 1.82) is 0 Å². The molecule has 0 aliphatic carbocycles. The van der Waals surface area contributed by atoms with Gasteiger partial charge < -0.3 is 10.4 Å². The number of benzene rings is 2. The smallest absolute Gasteiger partial charge is 0.296 e. The number of carbonyl (C=O) groups is 1. The first kappa shape index (κ1) is 17.8. The Morgan fingerprint density at radius 3 is 2.56 bits per heavy atom. The Bertz CT molecular complexity index is 875. The highest BCUT2D eigenvalue weighted by molar-refractivity contribution is 5.92. The highest BCUT2D eigenvalue weighted by Gasteiger charge is 2.13. The van der Waals surface area contributed by atoms with Gasteiger partial charge in [0.25, 0.3) is 5.69 Å². The highest BCUT2D eigenvalue weighted by atomic mass is 16.6. The van der Waals surface area contributed by atoms with E-state index in [0.717, 1.165) is 0 Å². The molecular formula is C17H16N4O4. The van der Waals surface area contributed by atoms with E-state index in [1.807, 2.05) is 0 Å². The maximum Gasteiger partial charge on any atom is 0.296 e. The molecule has 0 heterocycles. The minimum absolute atomic E-state index is 0.0745. The summed E-state index contributed by atoms with van der Waals surface area (Å²) in [7, 11) is 0. The van der Waals surface area contributed by atoms with Crippen LogP contribution in [-0.2, 0) is 4.79 Å². The van der Waals surface area contributed by atoms with Crippen LogP contribution in [0.3, 0.4) is 0 Å². The molecular weight excluding hydrogens is 324 g/mol. The van der Waals surface area contributed by atoms with Crippen molar-refractivity contribution in [3.63, 3.8) is 0 Å². The van der Waals surface area contributed by atoms with Gasteiger partial charge in [-0.05, 0) is 19.1 Å². The largest absolute Gasteiger partial charge is 0.506 e. The second kappa shape index (κ2) is 7.82. The quantitative estimate of drug-likeness (QED) is 0.465. The molecule has 8 heteroatoms. The number of para-hydroxylation sites is 1. The highest BCUT2D eigenvalue weighted by Crippen LogP contribution is 2.36. The van der Waals surface area contributed by atoms with E-state index in [0.29, 0.717) is 11.3 Å². The molecule has 2 rings (SSSR count). The number of nitrogens with one attached hydrogen (secondary N) is 1. The number of phenols is 1. The van der Waals surface area contributed by atoms with Crippen molar-refractivity contribution < 1.29 is 14.8 Å². The predicted molar refractivity (Wildman–Crippen MR) is 94.4 cm³/mol. The molecule has 0 aliphatic rings. The van der Waals surface area contributed by atoms with Gasteiger partial charge in [0.15, 0.2) is 5.69 Å². The maximum atomic E-state index is 11.3. The van der Waals surface area contributed by atoms with E-state index >= 15 is 0 Å². The molecule has 8 nitrogen and oxygen atoms in total. The van der Waals surface area contributed by atoms with E-state index in [1.165, 1.54) is 37.3 Å². The number of carbonyl (C=O) groups excluding carboxylic acids is 1. The number of nitrogens with zero attached hydrogens (tertiary/aromatic N) is 3. The normalized spacial score (nSPS) is 11.1. The molecule has 0 fully saturated rings. The van der Waals surface area contributed by atoms with Crippen molar-refractivity contribution >= 4 is 34.7 Å². The number of phenolic OH excluding ortho intramolecular Hbond substituents is 1. The summed E-state index contributed by atoms with van der Waals surface area (Å²) in [6.45, 7) is 3.16. The van der Waals surface area contributed by atoms with Gasteiger partial charge in [-0.15, -0.1) is 10.2 Å². The zero-order valence-electron chi connectivity index (χ0n) is 13.6. The van der Waals surface area contributed by atoms with Crippen molar-refractivity contribution in [3.05, 3.63) is 58.2 Å². The van der Waals surface area contributed by atoms with Crippen molar-refractivity contribution in [2.75, 3.05) is 5.32 Å². The SMILES string of the molecule is CC=Cc1cc(N=Nc2ccccc2[N+](=O)[O-])c(O)cc1NC(C)=O. The molecule has 0 radical (unpaired) electrons. The van der Waals surface area contributed by atoms with Crippen LogP contribution in [0.5, 0.6) is 5.75 Å². The standard InChI is InChI=1S/C17H16N4O4/c1-3-6-12-9-15(17(23)10-14(12)18-11(2)22)20-19-13-7-4-5-8-16(13)21(24)25/h3-10,23H,1-2H3,(H,18,22). The number of rotatable bonds is 5. The predicted octanol–water partition coefficient (Wildman–Crippen LogP) is 4.71. The molecule has 1 amide bonds. The topological polar surface area (TPSA) is 117 Å². The summed E-state index contributed by atoms with van der Waals surface area (Å²) in [6, 6.07) is 8.78. The molecule has 25 heavy (non-hydrogen) atoms. The van der Waals surface area contributed by atoms with Gasteiger partial charge in [0, 0.05) is 24.6 Å². The van der Waals surface area contributed by atoms with Crippen LogP contribution in [0.2, 0.25) is 0 Å². The van der Waals surface area contributed by atoms with Crippen molar-refractivity contribution in [2.45, 2.75) is 13.8 Å². The van der Waals surface area contributed by atoms with Crippen LogP contribution < -0.4 is 5.32 Å². The number of allylic oxidation sites excluding steroid dienone is 1. The van der Waals surface area contributed by atoms with Crippen LogP contribution >= 0.6 is 0 Å². The molecule has 0 saturated carbocycles. The molecule has 0 spiro atoms. The van der Waals surface area contributed by atoms with E-state index < -0.39 is 4.92 Å². The molecule has 0 atom stereocenters. The van der Waals surface area contributed by atoms with Gasteiger partial charge in [0.2, 0.25) is 5.91 Å². The van der Waals surface area contributed by atoms with E-state index in [-0.39, 0.29) is 28.7 Å². The fourth-order valence-electron chi connectivity index (χ4n) is 2.10. The van der Waals surface area contributed by atoms with E-state index in [2.05, 4.69) is 15.5 Å². The summed E-state index contributed by atoms with van der Waals surface area (Å²) < 4.78 is 0. The lowest BCUT2D eigenvalue weighted by Crippen LogP contribution is -2.06. The summed E-state index contributed by atoms with van der Waals surface area (Å²) in [6.07, 6.45) is 3.50. The Morgan fingerprint density at radius 2 is 1.92 bits per heavy atom. The van der Waals surface area contributed by atoms with Crippen molar-refractivity contribution in [3.8, 4) is 5.75 Å². The van der Waals surface area contributed by atoms with Gasteiger partial charge in [-0.1, -0.05) is 24.3 Å². The maximum absolute atomic E-state index is 11.3. The minimum atomic E-state index is -0.556. The van der Waals surface area contributed by atoms with Gasteiger partial charge >= 0.3 is 0 Å². The summed E-state index contributed by atoms with van der Waals surface area (Å²) in [5, 5.41) is 31.5. The number of aromatic hydroxyl groups is 1. The van der Waals surface area contributed by atoms with E-state index in [1.54, 1.807) is 25.1 Å². The van der Waals surface area contributed by atoms with Crippen LogP contribution in [0.4, 0.5) is 22.7 Å². The van der Waals surface area contributed by atoms with Crippen LogP contribution in [0.15, 0.2) is 52.7 Å². The molecule has 2 aromatic rings. The summed E-state index contributed by atoms with van der Waals surface area (Å²) >= 11 is 0. The number of azo groups is 1. The van der Waals surface area contributed by atoms with Gasteiger partial charge in [0.1, 0.15) is 11.4 Å². The molecule has 0 bridgehead atoms. The third kappa shape index (κ3) is 4.47. The zero-order chi connectivity index (χ0) is 18.4. The number of hydrogen-bond donors (Lipinski definition) is 2. The third-order valence-electron chi connectivity index (χ3n) is 3.15. The Morgan fingerprint density at radius 1 is 1.24 bits per heavy atom. The first-order valence-electron chi connectivity index (χ1n) is 7.35. The average Bonchev–Trinajstić information content (AvgIpc) is 2.56. The Labute approximate surface area is 143 Å². The molecule has 2 aromatic carbocycles. The lowest BCUT2D eigenvalue weighted by atomic mass is 10.1. The molecule has 2 N–H and O–H groups in total. The first-order valence-corrected chi connectivity index (χ1v) is 7.35. The number of nitro benzene ring substituents is 1. The molecule has 0 saturated heterocycles. The van der Waals surface area contributed by atoms with Crippen LogP contribution in [-0.4, -0.2) is 15.9 Å². The lowest BCUT2D eigenvalue weighted by Gasteiger charge is -2.09. The fraction of sp³-hybridized carbons (Fsp3) is 0.118. The van der Waals surface area contributed by atoms with Crippen molar-refractivity contribution in [2.24, 2.45) is 10.2 Å². The molecule has 0 unspecified atom stereocenters. The average molecular weight is 340 g/mol. The van der Waals surface area contributed by atoms with Crippen LogP contribution in [0, 0.1) is 10.1 Å². The number of hydrogen-bond acceptors (Lipinski definition) is 6. The summed E-state index contributed by atoms with van der Waals surface area (Å²) in [5.74, 6) is -0.487. The van der Waals surface area contributed by atoms with Crippen molar-refractivity contribution in [1.82, 2.24) is 0 Å². The Kier molecular flexibility index (Phi) is 5.57. The number of anilines is 1. The second-order valence-electron chi connectivity index (χ2n) is 5.06. The third-order valence-corrected chi connectivity index (χ3v) is 3.15. The minimum Gasteiger partial charge on any atom is -0.506 e. The molecule has 0 aromatic heterocycles. The summed E-state index contributed by atoms with van der Waals surface area (Å²) in [4.78, 5) is 21.7. The number of nitro groups is 1. The first-order chi connectivity index (χ1) is 11.9. The van der Waals surface area contributed by atoms with Crippen LogP contribution in [0.25, 0.3) is 6.08 Å². The summed E-state index contributed by atoms with van der Waals surface area (Å²) in [5.41, 5.74) is 1.06. The fourth-order valence-corrected chi connectivity index (χ4v) is 2.10. The molecule has 0 aliphatic heterocycles. The van der Waals surface area contributed by atoms with Gasteiger partial charge in [-0.2, -0.15) is 0 Å².